The van der Waals surface area contributed by atoms with Gasteiger partial charge in [-0.3, -0.25) is 0 Å². The maximum Gasteiger partial charge on any atom is 0.0574 e. The van der Waals surface area contributed by atoms with E-state index in [0.717, 1.165) is 24.7 Å². The van der Waals surface area contributed by atoms with Crippen molar-refractivity contribution in [2.45, 2.75) is 89.6 Å². The van der Waals surface area contributed by atoms with E-state index in [1.54, 1.807) is 5.56 Å². The molecule has 0 amide bonds. The standard InChI is InChI=1S/C22H34O/c1-3-16-5-7-18(8-6-16)19-10-12-20(13-11-19)21-14-9-17(4-2)22(23)15-21/h10-13,16-18,21-23H,3-9,14-15H2,1-2H3. The summed E-state index contributed by atoms with van der Waals surface area (Å²) in [7, 11) is 0. The molecule has 0 bridgehead atoms. The van der Waals surface area contributed by atoms with Crippen molar-refractivity contribution < 1.29 is 5.11 Å². The Kier molecular flexibility index (Phi) is 5.80. The first-order valence-electron chi connectivity index (χ1n) is 9.99. The monoisotopic (exact) mass is 314 g/mol. The number of hydrogen-bond donors (Lipinski definition) is 1. The van der Waals surface area contributed by atoms with Gasteiger partial charge in [-0.1, -0.05) is 51.0 Å². The second-order valence-corrected chi connectivity index (χ2v) is 8.04. The van der Waals surface area contributed by atoms with E-state index in [2.05, 4.69) is 38.1 Å². The number of aliphatic hydroxyl groups is 1. The van der Waals surface area contributed by atoms with Gasteiger partial charge in [0.15, 0.2) is 0 Å². The first kappa shape index (κ1) is 17.0. The predicted molar refractivity (Wildman–Crippen MR) is 97.8 cm³/mol. The minimum atomic E-state index is -0.0947. The van der Waals surface area contributed by atoms with Gasteiger partial charge in [0.2, 0.25) is 0 Å². The summed E-state index contributed by atoms with van der Waals surface area (Å²) in [5.74, 6) is 2.85. The number of hydrogen-bond acceptors (Lipinski definition) is 1. The molecule has 2 saturated carbocycles. The molecule has 0 aromatic heterocycles. The number of aliphatic hydroxyl groups excluding tert-OH is 1. The van der Waals surface area contributed by atoms with Gasteiger partial charge in [-0.05, 0) is 79.7 Å². The number of benzene rings is 1. The molecule has 2 aliphatic carbocycles. The third-order valence-electron chi connectivity index (χ3n) is 6.78. The molecule has 0 spiro atoms. The Hall–Kier alpha value is -0.820. The molecule has 1 heteroatoms. The SMILES string of the molecule is CCC1CCC(c2ccc(C3CCC(CC)C(O)C3)cc2)CC1. The van der Waals surface area contributed by atoms with E-state index in [-0.39, 0.29) is 6.10 Å². The van der Waals surface area contributed by atoms with Crippen LogP contribution < -0.4 is 0 Å². The smallest absolute Gasteiger partial charge is 0.0574 e. The minimum absolute atomic E-state index is 0.0947. The number of rotatable bonds is 4. The summed E-state index contributed by atoms with van der Waals surface area (Å²) in [5, 5.41) is 10.3. The van der Waals surface area contributed by atoms with Crippen LogP contribution in [0.4, 0.5) is 0 Å². The maximum atomic E-state index is 10.3. The van der Waals surface area contributed by atoms with Crippen molar-refractivity contribution in [1.29, 1.82) is 0 Å². The summed E-state index contributed by atoms with van der Waals surface area (Å²) in [5.41, 5.74) is 3.00. The second kappa shape index (κ2) is 7.83. The van der Waals surface area contributed by atoms with Crippen LogP contribution in [0.5, 0.6) is 0 Å². The Morgan fingerprint density at radius 2 is 1.35 bits per heavy atom. The van der Waals surface area contributed by atoms with E-state index >= 15 is 0 Å². The average molecular weight is 315 g/mol. The molecule has 0 saturated heterocycles. The Bertz CT molecular complexity index is 469. The van der Waals surface area contributed by atoms with E-state index < -0.39 is 0 Å². The first-order valence-corrected chi connectivity index (χ1v) is 9.99. The summed E-state index contributed by atoms with van der Waals surface area (Å²) in [4.78, 5) is 0. The molecule has 0 heterocycles. The fourth-order valence-electron chi connectivity index (χ4n) is 4.93. The molecule has 1 aromatic rings. The second-order valence-electron chi connectivity index (χ2n) is 8.04. The molecule has 3 atom stereocenters. The van der Waals surface area contributed by atoms with Gasteiger partial charge >= 0.3 is 0 Å². The molecule has 3 rings (SSSR count). The molecule has 1 nitrogen and oxygen atoms in total. The van der Waals surface area contributed by atoms with E-state index in [1.165, 1.54) is 50.5 Å². The first-order chi connectivity index (χ1) is 11.2. The quantitative estimate of drug-likeness (QED) is 0.720. The Labute approximate surface area is 142 Å². The molecule has 0 aliphatic heterocycles. The fraction of sp³-hybridized carbons (Fsp3) is 0.727. The zero-order valence-corrected chi connectivity index (χ0v) is 15.0. The minimum Gasteiger partial charge on any atom is -0.393 e. The van der Waals surface area contributed by atoms with Crippen LogP contribution in [0.25, 0.3) is 0 Å². The highest BCUT2D eigenvalue weighted by Gasteiger charge is 2.29. The lowest BCUT2D eigenvalue weighted by Gasteiger charge is -2.33. The normalized spacial score (nSPS) is 35.2. The highest BCUT2D eigenvalue weighted by molar-refractivity contribution is 5.28. The molecule has 128 valence electrons. The van der Waals surface area contributed by atoms with Crippen molar-refractivity contribution in [3.05, 3.63) is 35.4 Å². The van der Waals surface area contributed by atoms with Crippen molar-refractivity contribution >= 4 is 0 Å². The molecule has 1 N–H and O–H groups in total. The van der Waals surface area contributed by atoms with Gasteiger partial charge in [-0.2, -0.15) is 0 Å². The van der Waals surface area contributed by atoms with E-state index in [4.69, 9.17) is 0 Å². The van der Waals surface area contributed by atoms with Crippen LogP contribution in [-0.4, -0.2) is 11.2 Å². The van der Waals surface area contributed by atoms with Crippen LogP contribution in [0.2, 0.25) is 0 Å². The zero-order valence-electron chi connectivity index (χ0n) is 15.0. The topological polar surface area (TPSA) is 20.2 Å². The van der Waals surface area contributed by atoms with Gasteiger partial charge in [0, 0.05) is 0 Å². The molecule has 23 heavy (non-hydrogen) atoms. The van der Waals surface area contributed by atoms with Crippen LogP contribution in [0.1, 0.15) is 94.6 Å². The van der Waals surface area contributed by atoms with Crippen molar-refractivity contribution in [3.8, 4) is 0 Å². The lowest BCUT2D eigenvalue weighted by Crippen LogP contribution is -2.28. The molecule has 1 aromatic carbocycles. The fourth-order valence-corrected chi connectivity index (χ4v) is 4.93. The van der Waals surface area contributed by atoms with Crippen molar-refractivity contribution in [3.63, 3.8) is 0 Å². The van der Waals surface area contributed by atoms with Crippen LogP contribution in [0, 0.1) is 11.8 Å². The predicted octanol–water partition coefficient (Wildman–Crippen LogP) is 6.03. The van der Waals surface area contributed by atoms with Gasteiger partial charge in [0.1, 0.15) is 0 Å². The molecule has 3 unspecified atom stereocenters. The van der Waals surface area contributed by atoms with Gasteiger partial charge in [-0.25, -0.2) is 0 Å². The zero-order chi connectivity index (χ0) is 16.2. The maximum absolute atomic E-state index is 10.3. The highest BCUT2D eigenvalue weighted by Crippen LogP contribution is 2.39. The summed E-state index contributed by atoms with van der Waals surface area (Å²) < 4.78 is 0. The Morgan fingerprint density at radius 3 is 1.87 bits per heavy atom. The van der Waals surface area contributed by atoms with E-state index in [9.17, 15) is 5.11 Å². The lowest BCUT2D eigenvalue weighted by molar-refractivity contribution is 0.0586. The summed E-state index contributed by atoms with van der Waals surface area (Å²) in [6, 6.07) is 9.46. The van der Waals surface area contributed by atoms with E-state index in [0.29, 0.717) is 11.8 Å². The van der Waals surface area contributed by atoms with E-state index in [1.807, 2.05) is 0 Å². The van der Waals surface area contributed by atoms with Crippen molar-refractivity contribution in [1.82, 2.24) is 0 Å². The van der Waals surface area contributed by atoms with Crippen LogP contribution in [0.3, 0.4) is 0 Å². The lowest BCUT2D eigenvalue weighted by atomic mass is 9.75. The molecule has 0 radical (unpaired) electrons. The van der Waals surface area contributed by atoms with Crippen LogP contribution in [-0.2, 0) is 0 Å². The summed E-state index contributed by atoms with van der Waals surface area (Å²) in [6.07, 6.45) is 11.3. The van der Waals surface area contributed by atoms with Gasteiger partial charge in [0.05, 0.1) is 6.10 Å². The largest absolute Gasteiger partial charge is 0.393 e. The highest BCUT2D eigenvalue weighted by atomic mass is 16.3. The average Bonchev–Trinajstić information content (AvgIpc) is 2.62. The third kappa shape index (κ3) is 3.99. The Balaban J connectivity index is 1.59. The molecular formula is C22H34O. The van der Waals surface area contributed by atoms with Gasteiger partial charge < -0.3 is 5.11 Å². The van der Waals surface area contributed by atoms with Gasteiger partial charge in [0.25, 0.3) is 0 Å². The summed E-state index contributed by atoms with van der Waals surface area (Å²) >= 11 is 0. The molecule has 2 fully saturated rings. The molecule has 2 aliphatic rings. The van der Waals surface area contributed by atoms with Crippen LogP contribution >= 0.6 is 0 Å². The van der Waals surface area contributed by atoms with Gasteiger partial charge in [-0.15, -0.1) is 0 Å². The Morgan fingerprint density at radius 1 is 0.783 bits per heavy atom. The third-order valence-corrected chi connectivity index (χ3v) is 6.78. The summed E-state index contributed by atoms with van der Waals surface area (Å²) in [6.45, 7) is 4.54. The van der Waals surface area contributed by atoms with Crippen molar-refractivity contribution in [2.75, 3.05) is 0 Å². The van der Waals surface area contributed by atoms with Crippen molar-refractivity contribution in [2.24, 2.45) is 11.8 Å². The molecular weight excluding hydrogens is 280 g/mol. The van der Waals surface area contributed by atoms with Crippen LogP contribution in [0.15, 0.2) is 24.3 Å².